The summed E-state index contributed by atoms with van der Waals surface area (Å²) in [5.74, 6) is 0.784. The molecule has 0 aromatic rings. The predicted molar refractivity (Wildman–Crippen MR) is 56.6 cm³/mol. The molecule has 0 rings (SSSR count). The summed E-state index contributed by atoms with van der Waals surface area (Å²) >= 11 is 2.41. The fourth-order valence-corrected chi connectivity index (χ4v) is 1.84. The maximum Gasteiger partial charge on any atom is -0.000187 e. The second-order valence-electron chi connectivity index (χ2n) is 2.39. The summed E-state index contributed by atoms with van der Waals surface area (Å²) < 4.78 is 1.24. The van der Waals surface area contributed by atoms with E-state index >= 15 is 0 Å². The number of hydrogen-bond acceptors (Lipinski definition) is 0. The molecule has 0 amide bonds. The SMILES string of the molecule is C=CCC(CC=C)CCI. The molecule has 0 aliphatic carbocycles. The standard InChI is InChI=1S/C9H15I/c1-3-5-9(6-4-2)7-8-10/h3-4,9H,1-2,5-8H2. The first-order valence-corrected chi connectivity index (χ1v) is 5.15. The molecular formula is C9H15I. The van der Waals surface area contributed by atoms with E-state index in [1.165, 1.54) is 10.8 Å². The minimum Gasteiger partial charge on any atom is -0.103 e. The summed E-state index contributed by atoms with van der Waals surface area (Å²) in [5, 5.41) is 0. The molecule has 0 heterocycles. The summed E-state index contributed by atoms with van der Waals surface area (Å²) in [6.07, 6.45) is 7.56. The average Bonchev–Trinajstić information content (AvgIpc) is 1.90. The molecule has 0 unspecified atom stereocenters. The Labute approximate surface area is 77.5 Å². The first kappa shape index (κ1) is 10.2. The van der Waals surface area contributed by atoms with Crippen molar-refractivity contribution in [2.45, 2.75) is 19.3 Å². The molecule has 0 aromatic heterocycles. The van der Waals surface area contributed by atoms with Crippen LogP contribution in [0.15, 0.2) is 25.3 Å². The van der Waals surface area contributed by atoms with Crippen LogP contribution in [0.4, 0.5) is 0 Å². The largest absolute Gasteiger partial charge is 0.103 e. The lowest BCUT2D eigenvalue weighted by Gasteiger charge is -2.09. The molecule has 0 saturated carbocycles. The van der Waals surface area contributed by atoms with E-state index in [-0.39, 0.29) is 0 Å². The molecule has 0 radical (unpaired) electrons. The van der Waals surface area contributed by atoms with E-state index in [1.807, 2.05) is 12.2 Å². The van der Waals surface area contributed by atoms with Gasteiger partial charge >= 0.3 is 0 Å². The van der Waals surface area contributed by atoms with Gasteiger partial charge in [-0.05, 0) is 29.6 Å². The van der Waals surface area contributed by atoms with Crippen molar-refractivity contribution < 1.29 is 0 Å². The van der Waals surface area contributed by atoms with Crippen molar-refractivity contribution in [2.75, 3.05) is 4.43 Å². The Kier molecular flexibility index (Phi) is 7.47. The first-order valence-electron chi connectivity index (χ1n) is 3.62. The van der Waals surface area contributed by atoms with Crippen LogP contribution in [0.2, 0.25) is 0 Å². The van der Waals surface area contributed by atoms with Crippen molar-refractivity contribution in [3.05, 3.63) is 25.3 Å². The smallest absolute Gasteiger partial charge is 0.000187 e. The van der Waals surface area contributed by atoms with Crippen LogP contribution < -0.4 is 0 Å². The lowest BCUT2D eigenvalue weighted by molar-refractivity contribution is 0.532. The molecule has 58 valence electrons. The Morgan fingerprint density at radius 3 is 2.00 bits per heavy atom. The predicted octanol–water partition coefficient (Wildman–Crippen LogP) is 3.58. The van der Waals surface area contributed by atoms with Crippen LogP contribution in [0.3, 0.4) is 0 Å². The third-order valence-corrected chi connectivity index (χ3v) is 2.14. The molecule has 0 N–H and O–H groups in total. The van der Waals surface area contributed by atoms with Crippen LogP contribution in [0, 0.1) is 5.92 Å². The Hall–Kier alpha value is 0.210. The molecule has 0 fully saturated rings. The third kappa shape index (κ3) is 5.03. The molecule has 1 heteroatoms. The van der Waals surface area contributed by atoms with Gasteiger partial charge in [0.05, 0.1) is 0 Å². The highest BCUT2D eigenvalue weighted by Crippen LogP contribution is 2.15. The topological polar surface area (TPSA) is 0 Å². The van der Waals surface area contributed by atoms with Crippen molar-refractivity contribution in [3.63, 3.8) is 0 Å². The van der Waals surface area contributed by atoms with Gasteiger partial charge in [-0.1, -0.05) is 34.7 Å². The van der Waals surface area contributed by atoms with E-state index in [4.69, 9.17) is 0 Å². The van der Waals surface area contributed by atoms with E-state index in [1.54, 1.807) is 0 Å². The highest BCUT2D eigenvalue weighted by Gasteiger charge is 2.01. The van der Waals surface area contributed by atoms with Gasteiger partial charge in [0.2, 0.25) is 0 Å². The van der Waals surface area contributed by atoms with Crippen molar-refractivity contribution in [2.24, 2.45) is 5.92 Å². The van der Waals surface area contributed by atoms with Crippen molar-refractivity contribution in [1.29, 1.82) is 0 Å². The summed E-state index contributed by atoms with van der Waals surface area (Å²) in [7, 11) is 0. The van der Waals surface area contributed by atoms with E-state index in [2.05, 4.69) is 35.7 Å². The van der Waals surface area contributed by atoms with Crippen LogP contribution in [0.25, 0.3) is 0 Å². The molecular weight excluding hydrogens is 235 g/mol. The van der Waals surface area contributed by atoms with Crippen molar-refractivity contribution >= 4 is 22.6 Å². The average molecular weight is 250 g/mol. The Morgan fingerprint density at radius 1 is 1.20 bits per heavy atom. The zero-order valence-electron chi connectivity index (χ0n) is 6.35. The minimum atomic E-state index is 0.784. The highest BCUT2D eigenvalue weighted by molar-refractivity contribution is 14.1. The quantitative estimate of drug-likeness (QED) is 0.384. The van der Waals surface area contributed by atoms with E-state index in [0.717, 1.165) is 18.8 Å². The number of allylic oxidation sites excluding steroid dienone is 2. The molecule has 0 bridgehead atoms. The van der Waals surface area contributed by atoms with Gasteiger partial charge in [-0.25, -0.2) is 0 Å². The molecule has 0 aliphatic heterocycles. The monoisotopic (exact) mass is 250 g/mol. The van der Waals surface area contributed by atoms with E-state index in [0.29, 0.717) is 0 Å². The Balaban J connectivity index is 3.48. The fourth-order valence-electron chi connectivity index (χ4n) is 0.958. The molecule has 0 spiro atoms. The minimum absolute atomic E-state index is 0.784. The van der Waals surface area contributed by atoms with Crippen LogP contribution in [-0.4, -0.2) is 4.43 Å². The number of rotatable bonds is 6. The van der Waals surface area contributed by atoms with Gasteiger partial charge in [-0.15, -0.1) is 13.2 Å². The third-order valence-electron chi connectivity index (χ3n) is 1.52. The molecule has 0 aromatic carbocycles. The molecule has 10 heavy (non-hydrogen) atoms. The summed E-state index contributed by atoms with van der Waals surface area (Å²) in [6.45, 7) is 7.46. The van der Waals surface area contributed by atoms with Gasteiger partial charge in [-0.2, -0.15) is 0 Å². The van der Waals surface area contributed by atoms with Gasteiger partial charge < -0.3 is 0 Å². The van der Waals surface area contributed by atoms with Crippen LogP contribution in [0.5, 0.6) is 0 Å². The van der Waals surface area contributed by atoms with E-state index < -0.39 is 0 Å². The van der Waals surface area contributed by atoms with Crippen molar-refractivity contribution in [3.8, 4) is 0 Å². The first-order chi connectivity index (χ1) is 4.85. The Morgan fingerprint density at radius 2 is 1.70 bits per heavy atom. The number of halogens is 1. The van der Waals surface area contributed by atoms with Gasteiger partial charge in [0.1, 0.15) is 0 Å². The second-order valence-corrected chi connectivity index (χ2v) is 3.47. The zero-order chi connectivity index (χ0) is 7.82. The second kappa shape index (κ2) is 7.32. The van der Waals surface area contributed by atoms with Crippen molar-refractivity contribution in [1.82, 2.24) is 0 Å². The summed E-state index contributed by atoms with van der Waals surface area (Å²) in [5.41, 5.74) is 0. The van der Waals surface area contributed by atoms with Crippen LogP contribution in [0.1, 0.15) is 19.3 Å². The molecule has 0 nitrogen and oxygen atoms in total. The highest BCUT2D eigenvalue weighted by atomic mass is 127. The van der Waals surface area contributed by atoms with Gasteiger partial charge in [0.15, 0.2) is 0 Å². The number of hydrogen-bond donors (Lipinski definition) is 0. The number of alkyl halides is 1. The lowest BCUT2D eigenvalue weighted by Crippen LogP contribution is -1.97. The zero-order valence-corrected chi connectivity index (χ0v) is 8.51. The van der Waals surface area contributed by atoms with Gasteiger partial charge in [0, 0.05) is 0 Å². The summed E-state index contributed by atoms with van der Waals surface area (Å²) in [6, 6.07) is 0. The lowest BCUT2D eigenvalue weighted by atomic mass is 9.99. The molecule has 0 saturated heterocycles. The Bertz CT molecular complexity index is 86.9. The van der Waals surface area contributed by atoms with Gasteiger partial charge in [-0.3, -0.25) is 0 Å². The van der Waals surface area contributed by atoms with Gasteiger partial charge in [0.25, 0.3) is 0 Å². The van der Waals surface area contributed by atoms with E-state index in [9.17, 15) is 0 Å². The maximum absolute atomic E-state index is 3.73. The summed E-state index contributed by atoms with van der Waals surface area (Å²) in [4.78, 5) is 0. The normalized spacial score (nSPS) is 9.80. The van der Waals surface area contributed by atoms with Crippen LogP contribution in [-0.2, 0) is 0 Å². The fraction of sp³-hybridized carbons (Fsp3) is 0.556. The van der Waals surface area contributed by atoms with Crippen LogP contribution >= 0.6 is 22.6 Å². The molecule has 0 atom stereocenters. The molecule has 0 aliphatic rings. The maximum atomic E-state index is 3.73.